The van der Waals surface area contributed by atoms with E-state index < -0.39 is 9.04 Å². The highest BCUT2D eigenvalue weighted by Crippen LogP contribution is 2.39. The van der Waals surface area contributed by atoms with Gasteiger partial charge in [0.05, 0.1) is 0 Å². The van der Waals surface area contributed by atoms with E-state index in [2.05, 4.69) is 85.2 Å². The van der Waals surface area contributed by atoms with Gasteiger partial charge in [-0.3, -0.25) is 0 Å². The molecule has 3 aromatic carbocycles. The molecular weight excluding hydrogens is 436 g/mol. The highest BCUT2D eigenvalue weighted by molar-refractivity contribution is 9.08. The Kier molecular flexibility index (Phi) is 6.46. The molecule has 0 unspecified atom stereocenters. The second kappa shape index (κ2) is 8.64. The Morgan fingerprint density at radius 3 is 1.81 bits per heavy atom. The molecule has 3 aromatic rings. The minimum absolute atomic E-state index is 0.0797. The SMILES string of the molecule is CC(C)(C)c1c(O[Si](c2ccccc2)c2ccccc2)ccc(Cl)c1CBr. The van der Waals surface area contributed by atoms with E-state index in [1.54, 1.807) is 0 Å². The van der Waals surface area contributed by atoms with Crippen molar-refractivity contribution in [1.82, 2.24) is 0 Å². The number of benzene rings is 3. The van der Waals surface area contributed by atoms with Crippen molar-refractivity contribution < 1.29 is 4.43 Å². The Balaban J connectivity index is 2.13. The van der Waals surface area contributed by atoms with E-state index in [1.165, 1.54) is 15.9 Å². The lowest BCUT2D eigenvalue weighted by molar-refractivity contribution is 0.522. The lowest BCUT2D eigenvalue weighted by atomic mass is 9.83. The van der Waals surface area contributed by atoms with Crippen LogP contribution in [0.3, 0.4) is 0 Å². The van der Waals surface area contributed by atoms with E-state index in [4.69, 9.17) is 16.0 Å². The maximum atomic E-state index is 6.76. The van der Waals surface area contributed by atoms with Gasteiger partial charge in [0.2, 0.25) is 0 Å². The van der Waals surface area contributed by atoms with E-state index >= 15 is 0 Å². The molecule has 1 radical (unpaired) electrons. The van der Waals surface area contributed by atoms with Gasteiger partial charge >= 0.3 is 9.04 Å². The molecule has 0 saturated carbocycles. The van der Waals surface area contributed by atoms with Crippen molar-refractivity contribution >= 4 is 46.9 Å². The molecule has 0 heterocycles. The van der Waals surface area contributed by atoms with Crippen LogP contribution in [0.1, 0.15) is 31.9 Å². The Morgan fingerprint density at radius 2 is 1.37 bits per heavy atom. The topological polar surface area (TPSA) is 9.23 Å². The minimum Gasteiger partial charge on any atom is -0.532 e. The summed E-state index contributed by atoms with van der Waals surface area (Å²) < 4.78 is 6.76. The smallest absolute Gasteiger partial charge is 0.352 e. The molecule has 4 heteroatoms. The van der Waals surface area contributed by atoms with Crippen molar-refractivity contribution in [2.24, 2.45) is 0 Å². The number of hydrogen-bond acceptors (Lipinski definition) is 1. The van der Waals surface area contributed by atoms with Gasteiger partial charge in [-0.25, -0.2) is 0 Å². The molecule has 0 aliphatic carbocycles. The molecule has 0 atom stereocenters. The summed E-state index contributed by atoms with van der Waals surface area (Å²) in [6, 6.07) is 24.9. The molecule has 0 aliphatic heterocycles. The second-order valence-electron chi connectivity index (χ2n) is 7.45. The zero-order valence-corrected chi connectivity index (χ0v) is 19.1. The summed E-state index contributed by atoms with van der Waals surface area (Å²) in [7, 11) is -1.43. The summed E-state index contributed by atoms with van der Waals surface area (Å²) in [6.07, 6.45) is 0. The maximum Gasteiger partial charge on any atom is 0.352 e. The average Bonchev–Trinajstić information content (AvgIpc) is 2.67. The van der Waals surface area contributed by atoms with Crippen LogP contribution in [0.15, 0.2) is 72.8 Å². The van der Waals surface area contributed by atoms with Gasteiger partial charge in [-0.1, -0.05) is 109 Å². The number of rotatable bonds is 5. The summed E-state index contributed by atoms with van der Waals surface area (Å²) in [5, 5.41) is 3.93. The fraction of sp³-hybridized carbons (Fsp3) is 0.217. The monoisotopic (exact) mass is 457 g/mol. The third-order valence-electron chi connectivity index (χ3n) is 4.39. The van der Waals surface area contributed by atoms with Crippen molar-refractivity contribution in [2.75, 3.05) is 0 Å². The minimum atomic E-state index is -1.43. The molecule has 0 spiro atoms. The van der Waals surface area contributed by atoms with E-state index in [0.29, 0.717) is 5.33 Å². The first-order valence-corrected chi connectivity index (χ1v) is 11.9. The van der Waals surface area contributed by atoms with Crippen LogP contribution in [0, 0.1) is 0 Å². The van der Waals surface area contributed by atoms with Gasteiger partial charge in [0.15, 0.2) is 0 Å². The highest BCUT2D eigenvalue weighted by atomic mass is 79.9. The summed E-state index contributed by atoms with van der Waals surface area (Å²) in [5.74, 6) is 0.919. The Hall–Kier alpha value is -1.55. The average molecular weight is 459 g/mol. The van der Waals surface area contributed by atoms with E-state index in [9.17, 15) is 0 Å². The van der Waals surface area contributed by atoms with Gasteiger partial charge in [-0.15, -0.1) is 0 Å². The first-order chi connectivity index (χ1) is 12.9. The molecule has 0 fully saturated rings. The largest absolute Gasteiger partial charge is 0.532 e. The molecule has 139 valence electrons. The molecule has 0 N–H and O–H groups in total. The van der Waals surface area contributed by atoms with Crippen molar-refractivity contribution in [3.8, 4) is 5.75 Å². The highest BCUT2D eigenvalue weighted by Gasteiger charge is 2.28. The number of halogens is 2. The van der Waals surface area contributed by atoms with Gasteiger partial charge in [0, 0.05) is 15.9 Å². The second-order valence-corrected chi connectivity index (χ2v) is 10.4. The molecule has 1 nitrogen and oxygen atoms in total. The number of alkyl halides is 1. The maximum absolute atomic E-state index is 6.76. The third-order valence-corrected chi connectivity index (χ3v) is 7.44. The van der Waals surface area contributed by atoms with Crippen LogP contribution in [-0.2, 0) is 10.7 Å². The van der Waals surface area contributed by atoms with Crippen molar-refractivity contribution in [2.45, 2.75) is 31.5 Å². The van der Waals surface area contributed by atoms with Crippen LogP contribution in [0.2, 0.25) is 5.02 Å². The van der Waals surface area contributed by atoms with Crippen LogP contribution in [-0.4, -0.2) is 9.04 Å². The molecule has 0 aromatic heterocycles. The molecular formula is C23H23BrClOSi. The van der Waals surface area contributed by atoms with Crippen LogP contribution in [0.25, 0.3) is 0 Å². The molecule has 0 aliphatic rings. The van der Waals surface area contributed by atoms with E-state index in [1.807, 2.05) is 24.3 Å². The van der Waals surface area contributed by atoms with E-state index in [0.717, 1.165) is 16.3 Å². The van der Waals surface area contributed by atoms with Crippen LogP contribution in [0.5, 0.6) is 5.75 Å². The molecule has 0 bridgehead atoms. The fourth-order valence-corrected chi connectivity index (χ4v) is 6.13. The summed E-state index contributed by atoms with van der Waals surface area (Å²) in [5.41, 5.74) is 2.19. The lowest BCUT2D eigenvalue weighted by Gasteiger charge is -2.28. The third kappa shape index (κ3) is 4.65. The zero-order valence-electron chi connectivity index (χ0n) is 15.8. The normalized spacial score (nSPS) is 11.6. The predicted molar refractivity (Wildman–Crippen MR) is 121 cm³/mol. The Bertz CT molecular complexity index is 852. The summed E-state index contributed by atoms with van der Waals surface area (Å²) in [6.45, 7) is 6.61. The summed E-state index contributed by atoms with van der Waals surface area (Å²) in [4.78, 5) is 0. The first kappa shape index (κ1) is 20.2. The van der Waals surface area contributed by atoms with Crippen LogP contribution in [0.4, 0.5) is 0 Å². The molecule has 3 rings (SSSR count). The fourth-order valence-electron chi connectivity index (χ4n) is 3.21. The van der Waals surface area contributed by atoms with E-state index in [-0.39, 0.29) is 5.41 Å². The van der Waals surface area contributed by atoms with Crippen molar-refractivity contribution in [1.29, 1.82) is 0 Å². The quantitative estimate of drug-likeness (QED) is 0.351. The zero-order chi connectivity index (χ0) is 19.4. The van der Waals surface area contributed by atoms with Crippen molar-refractivity contribution in [3.05, 3.63) is 88.9 Å². The lowest BCUT2D eigenvalue weighted by Crippen LogP contribution is -2.47. The molecule has 27 heavy (non-hydrogen) atoms. The van der Waals surface area contributed by atoms with Crippen LogP contribution >= 0.6 is 27.5 Å². The Labute approximate surface area is 177 Å². The molecule has 0 saturated heterocycles. The number of hydrogen-bond donors (Lipinski definition) is 0. The van der Waals surface area contributed by atoms with Crippen LogP contribution < -0.4 is 14.8 Å². The van der Waals surface area contributed by atoms with Gasteiger partial charge in [-0.2, -0.15) is 0 Å². The van der Waals surface area contributed by atoms with Gasteiger partial charge in [0.25, 0.3) is 0 Å². The standard InChI is InChI=1S/C23H23BrClOSi/c1-23(2,3)22-19(16-24)20(25)14-15-21(22)26-27(17-10-6-4-7-11-17)18-12-8-5-9-13-18/h4-15H,16H2,1-3H3. The van der Waals surface area contributed by atoms with Gasteiger partial charge in [0.1, 0.15) is 5.75 Å². The first-order valence-electron chi connectivity index (χ1n) is 8.95. The Morgan fingerprint density at radius 1 is 0.852 bits per heavy atom. The van der Waals surface area contributed by atoms with Crippen molar-refractivity contribution in [3.63, 3.8) is 0 Å². The van der Waals surface area contributed by atoms with Gasteiger partial charge in [-0.05, 0) is 33.5 Å². The summed E-state index contributed by atoms with van der Waals surface area (Å²) >= 11 is 10.1. The predicted octanol–water partition coefficient (Wildman–Crippen LogP) is 5.72. The van der Waals surface area contributed by atoms with Gasteiger partial charge < -0.3 is 4.43 Å². The molecule has 0 amide bonds.